The summed E-state index contributed by atoms with van der Waals surface area (Å²) in [5, 5.41) is 0. The standard InChI is InChI=1S/C16H20N2O/c1-11-5-4-6-13(9-11)16(18-17)14-10-12(2)7-8-15(14)19-3/h4-10,16,18H,17H2,1-3H3. The monoisotopic (exact) mass is 256 g/mol. The van der Waals surface area contributed by atoms with Gasteiger partial charge in [0.25, 0.3) is 0 Å². The molecule has 1 unspecified atom stereocenters. The summed E-state index contributed by atoms with van der Waals surface area (Å²) in [7, 11) is 1.68. The third kappa shape index (κ3) is 2.95. The maximum Gasteiger partial charge on any atom is 0.124 e. The van der Waals surface area contributed by atoms with E-state index in [0.29, 0.717) is 0 Å². The van der Waals surface area contributed by atoms with Crippen molar-refractivity contribution in [2.45, 2.75) is 19.9 Å². The zero-order valence-corrected chi connectivity index (χ0v) is 11.6. The largest absolute Gasteiger partial charge is 0.496 e. The first-order valence-corrected chi connectivity index (χ1v) is 6.33. The van der Waals surface area contributed by atoms with Crippen LogP contribution in [-0.4, -0.2) is 7.11 Å². The molecular formula is C16H20N2O. The van der Waals surface area contributed by atoms with Gasteiger partial charge in [-0.1, -0.05) is 47.5 Å². The fraction of sp³-hybridized carbons (Fsp3) is 0.250. The topological polar surface area (TPSA) is 47.3 Å². The summed E-state index contributed by atoms with van der Waals surface area (Å²) in [6.07, 6.45) is 0. The molecule has 0 radical (unpaired) electrons. The third-order valence-corrected chi connectivity index (χ3v) is 3.24. The van der Waals surface area contributed by atoms with Gasteiger partial charge in [0.05, 0.1) is 13.2 Å². The van der Waals surface area contributed by atoms with E-state index >= 15 is 0 Å². The number of nitrogens with one attached hydrogen (secondary N) is 1. The predicted molar refractivity (Wildman–Crippen MR) is 78.1 cm³/mol. The molecule has 3 heteroatoms. The lowest BCUT2D eigenvalue weighted by atomic mass is 9.96. The zero-order valence-electron chi connectivity index (χ0n) is 11.6. The summed E-state index contributed by atoms with van der Waals surface area (Å²) in [6.45, 7) is 4.14. The molecule has 0 aliphatic carbocycles. The second-order valence-corrected chi connectivity index (χ2v) is 4.76. The minimum Gasteiger partial charge on any atom is -0.496 e. The van der Waals surface area contributed by atoms with Crippen molar-refractivity contribution in [1.29, 1.82) is 0 Å². The number of aryl methyl sites for hydroxylation is 2. The molecule has 100 valence electrons. The Hall–Kier alpha value is -1.84. The highest BCUT2D eigenvalue weighted by atomic mass is 16.5. The molecule has 0 saturated carbocycles. The summed E-state index contributed by atoms with van der Waals surface area (Å²) >= 11 is 0. The molecule has 0 heterocycles. The van der Waals surface area contributed by atoms with Crippen LogP contribution in [0.4, 0.5) is 0 Å². The van der Waals surface area contributed by atoms with Crippen LogP contribution in [0.5, 0.6) is 5.75 Å². The van der Waals surface area contributed by atoms with Gasteiger partial charge in [-0.15, -0.1) is 0 Å². The Morgan fingerprint density at radius 1 is 1.05 bits per heavy atom. The Balaban J connectivity index is 2.50. The number of hydrogen-bond acceptors (Lipinski definition) is 3. The van der Waals surface area contributed by atoms with Crippen LogP contribution in [0.3, 0.4) is 0 Å². The number of rotatable bonds is 4. The maximum absolute atomic E-state index is 5.76. The summed E-state index contributed by atoms with van der Waals surface area (Å²) in [5.74, 6) is 6.60. The fourth-order valence-corrected chi connectivity index (χ4v) is 2.29. The molecule has 0 amide bonds. The van der Waals surface area contributed by atoms with Gasteiger partial charge in [0.2, 0.25) is 0 Å². The molecule has 0 aliphatic rings. The molecule has 0 saturated heterocycles. The van der Waals surface area contributed by atoms with Crippen molar-refractivity contribution in [2.24, 2.45) is 5.84 Å². The number of ether oxygens (including phenoxy) is 1. The van der Waals surface area contributed by atoms with Gasteiger partial charge in [0, 0.05) is 5.56 Å². The van der Waals surface area contributed by atoms with Crippen LogP contribution in [0.1, 0.15) is 28.3 Å². The van der Waals surface area contributed by atoms with E-state index in [2.05, 4.69) is 43.5 Å². The molecule has 0 aromatic heterocycles. The number of hydrogen-bond donors (Lipinski definition) is 2. The van der Waals surface area contributed by atoms with Crippen LogP contribution in [0.15, 0.2) is 42.5 Å². The number of benzene rings is 2. The first-order chi connectivity index (χ1) is 9.15. The minimum absolute atomic E-state index is 0.0743. The second kappa shape index (κ2) is 5.87. The molecule has 0 spiro atoms. The van der Waals surface area contributed by atoms with Crippen LogP contribution in [-0.2, 0) is 0 Å². The van der Waals surface area contributed by atoms with Crippen molar-refractivity contribution in [2.75, 3.05) is 7.11 Å². The third-order valence-electron chi connectivity index (χ3n) is 3.24. The number of nitrogens with two attached hydrogens (primary N) is 1. The summed E-state index contributed by atoms with van der Waals surface area (Å²) in [6, 6.07) is 14.4. The van der Waals surface area contributed by atoms with Crippen LogP contribution in [0, 0.1) is 13.8 Å². The maximum atomic E-state index is 5.76. The van der Waals surface area contributed by atoms with Gasteiger partial charge in [-0.2, -0.15) is 0 Å². The van der Waals surface area contributed by atoms with Crippen LogP contribution < -0.4 is 16.0 Å². The molecule has 2 aromatic carbocycles. The summed E-state index contributed by atoms with van der Waals surface area (Å²) in [4.78, 5) is 0. The quantitative estimate of drug-likeness (QED) is 0.653. The Bertz CT molecular complexity index is 566. The summed E-state index contributed by atoms with van der Waals surface area (Å²) in [5.41, 5.74) is 7.46. The Labute approximate surface area is 114 Å². The molecule has 2 rings (SSSR count). The lowest BCUT2D eigenvalue weighted by Gasteiger charge is -2.20. The molecule has 2 aromatic rings. The first-order valence-electron chi connectivity index (χ1n) is 6.33. The highest BCUT2D eigenvalue weighted by Crippen LogP contribution is 2.30. The smallest absolute Gasteiger partial charge is 0.124 e. The van der Waals surface area contributed by atoms with E-state index in [1.807, 2.05) is 18.2 Å². The van der Waals surface area contributed by atoms with E-state index in [4.69, 9.17) is 10.6 Å². The van der Waals surface area contributed by atoms with E-state index in [1.165, 1.54) is 11.1 Å². The van der Waals surface area contributed by atoms with Gasteiger partial charge in [-0.05, 0) is 25.5 Å². The molecule has 0 fully saturated rings. The van der Waals surface area contributed by atoms with Gasteiger partial charge in [0.15, 0.2) is 0 Å². The predicted octanol–water partition coefficient (Wildman–Crippen LogP) is 2.86. The van der Waals surface area contributed by atoms with Crippen molar-refractivity contribution < 1.29 is 4.74 Å². The van der Waals surface area contributed by atoms with Crippen molar-refractivity contribution in [3.8, 4) is 5.75 Å². The van der Waals surface area contributed by atoms with Gasteiger partial charge in [-0.3, -0.25) is 5.84 Å². The number of hydrazine groups is 1. The Morgan fingerprint density at radius 3 is 2.42 bits per heavy atom. The van der Waals surface area contributed by atoms with Crippen molar-refractivity contribution in [1.82, 2.24) is 5.43 Å². The second-order valence-electron chi connectivity index (χ2n) is 4.76. The molecule has 1 atom stereocenters. The molecule has 0 aliphatic heterocycles. The molecule has 3 nitrogen and oxygen atoms in total. The Kier molecular flexibility index (Phi) is 4.20. The molecular weight excluding hydrogens is 236 g/mol. The molecule has 3 N–H and O–H groups in total. The highest BCUT2D eigenvalue weighted by Gasteiger charge is 2.17. The van der Waals surface area contributed by atoms with E-state index in [-0.39, 0.29) is 6.04 Å². The van der Waals surface area contributed by atoms with Gasteiger partial charge in [-0.25, -0.2) is 5.43 Å². The number of methoxy groups -OCH3 is 1. The van der Waals surface area contributed by atoms with E-state index in [1.54, 1.807) is 7.11 Å². The van der Waals surface area contributed by atoms with Crippen molar-refractivity contribution in [3.05, 3.63) is 64.7 Å². The van der Waals surface area contributed by atoms with Crippen molar-refractivity contribution in [3.63, 3.8) is 0 Å². The molecule has 0 bridgehead atoms. The normalized spacial score (nSPS) is 12.2. The lowest BCUT2D eigenvalue weighted by molar-refractivity contribution is 0.404. The van der Waals surface area contributed by atoms with Crippen molar-refractivity contribution >= 4 is 0 Å². The SMILES string of the molecule is COc1ccc(C)cc1C(NN)c1cccc(C)c1. The average Bonchev–Trinajstić information content (AvgIpc) is 2.40. The summed E-state index contributed by atoms with van der Waals surface area (Å²) < 4.78 is 5.44. The van der Waals surface area contributed by atoms with E-state index in [0.717, 1.165) is 16.9 Å². The van der Waals surface area contributed by atoms with Gasteiger partial charge >= 0.3 is 0 Å². The van der Waals surface area contributed by atoms with Crippen LogP contribution in [0.2, 0.25) is 0 Å². The van der Waals surface area contributed by atoms with Crippen LogP contribution >= 0.6 is 0 Å². The zero-order chi connectivity index (χ0) is 13.8. The molecule has 19 heavy (non-hydrogen) atoms. The van der Waals surface area contributed by atoms with Crippen LogP contribution in [0.25, 0.3) is 0 Å². The first kappa shape index (κ1) is 13.6. The van der Waals surface area contributed by atoms with Gasteiger partial charge < -0.3 is 4.74 Å². The highest BCUT2D eigenvalue weighted by molar-refractivity contribution is 5.44. The lowest BCUT2D eigenvalue weighted by Crippen LogP contribution is -2.29. The van der Waals surface area contributed by atoms with E-state index < -0.39 is 0 Å². The fourth-order valence-electron chi connectivity index (χ4n) is 2.29. The Morgan fingerprint density at radius 2 is 1.79 bits per heavy atom. The van der Waals surface area contributed by atoms with E-state index in [9.17, 15) is 0 Å². The average molecular weight is 256 g/mol. The minimum atomic E-state index is -0.0743. The van der Waals surface area contributed by atoms with Gasteiger partial charge in [0.1, 0.15) is 5.75 Å².